The van der Waals surface area contributed by atoms with Crippen LogP contribution in [0.3, 0.4) is 0 Å². The van der Waals surface area contributed by atoms with E-state index in [9.17, 15) is 14.4 Å². The Morgan fingerprint density at radius 3 is 2.79 bits per heavy atom. The first-order valence-corrected chi connectivity index (χ1v) is 8.34. The summed E-state index contributed by atoms with van der Waals surface area (Å²) in [5.74, 6) is -0.871. The molecule has 4 rings (SSSR count). The molecule has 7 nitrogen and oxygen atoms in total. The average molecular weight is 328 g/mol. The molecule has 3 amide bonds. The molecule has 0 radical (unpaired) electrons. The molecule has 4 N–H and O–H groups in total. The summed E-state index contributed by atoms with van der Waals surface area (Å²) in [5.41, 5.74) is 10.5. The van der Waals surface area contributed by atoms with Gasteiger partial charge in [-0.1, -0.05) is 6.07 Å². The molecular formula is C17H20N4O3. The number of benzene rings is 1. The summed E-state index contributed by atoms with van der Waals surface area (Å²) in [4.78, 5) is 37.9. The number of rotatable bonds is 1. The zero-order valence-electron chi connectivity index (χ0n) is 13.4. The van der Waals surface area contributed by atoms with Crippen LogP contribution in [-0.4, -0.2) is 35.2 Å². The van der Waals surface area contributed by atoms with Gasteiger partial charge in [-0.05, 0) is 42.5 Å². The lowest BCUT2D eigenvalue weighted by Gasteiger charge is -2.29. The lowest BCUT2D eigenvalue weighted by molar-refractivity contribution is -0.136. The zero-order valence-corrected chi connectivity index (χ0v) is 13.4. The van der Waals surface area contributed by atoms with Gasteiger partial charge in [-0.15, -0.1) is 0 Å². The number of carbonyl (C=O) groups is 3. The molecule has 1 unspecified atom stereocenters. The van der Waals surface area contributed by atoms with E-state index in [2.05, 4.69) is 10.6 Å². The molecule has 0 aliphatic carbocycles. The highest BCUT2D eigenvalue weighted by molar-refractivity contribution is 6.08. The van der Waals surface area contributed by atoms with Gasteiger partial charge in [0.1, 0.15) is 6.04 Å². The standard InChI is InChI=1S/C17H20N4O3/c18-15-11-2-1-5-19-7-9(11)6-10-8-21(17(24)14(10)15)12-3-4-13(22)20-16(12)23/h6,12,19H,1-5,7-8,18H2,(H,20,22,23). The largest absolute Gasteiger partial charge is 0.398 e. The van der Waals surface area contributed by atoms with E-state index in [1.807, 2.05) is 6.07 Å². The van der Waals surface area contributed by atoms with Gasteiger partial charge >= 0.3 is 0 Å². The van der Waals surface area contributed by atoms with E-state index in [-0.39, 0.29) is 18.2 Å². The Bertz CT molecular complexity index is 759. The number of nitrogens with two attached hydrogens (primary N) is 1. The first-order valence-electron chi connectivity index (χ1n) is 8.34. The molecule has 1 atom stereocenters. The highest BCUT2D eigenvalue weighted by atomic mass is 16.2. The third-order valence-corrected chi connectivity index (χ3v) is 5.15. The highest BCUT2D eigenvalue weighted by Gasteiger charge is 2.40. The molecule has 7 heteroatoms. The van der Waals surface area contributed by atoms with E-state index in [0.717, 1.165) is 42.6 Å². The van der Waals surface area contributed by atoms with Crippen molar-refractivity contribution in [3.8, 4) is 0 Å². The summed E-state index contributed by atoms with van der Waals surface area (Å²) < 4.78 is 0. The van der Waals surface area contributed by atoms with Gasteiger partial charge < -0.3 is 16.0 Å². The van der Waals surface area contributed by atoms with Gasteiger partial charge in [-0.3, -0.25) is 19.7 Å². The maximum absolute atomic E-state index is 12.9. The van der Waals surface area contributed by atoms with Crippen molar-refractivity contribution in [2.45, 2.75) is 44.8 Å². The molecule has 3 heterocycles. The Labute approximate surface area is 139 Å². The van der Waals surface area contributed by atoms with Crippen molar-refractivity contribution in [1.29, 1.82) is 0 Å². The second-order valence-corrected chi connectivity index (χ2v) is 6.64. The Hall–Kier alpha value is -2.41. The lowest BCUT2D eigenvalue weighted by Crippen LogP contribution is -2.52. The Balaban J connectivity index is 1.69. The molecule has 1 aromatic rings. The quantitative estimate of drug-likeness (QED) is 0.500. The van der Waals surface area contributed by atoms with Crippen LogP contribution in [0.4, 0.5) is 5.69 Å². The van der Waals surface area contributed by atoms with E-state index >= 15 is 0 Å². The minimum atomic E-state index is -0.597. The molecule has 0 aromatic heterocycles. The number of piperidine rings is 1. The average Bonchev–Trinajstić information content (AvgIpc) is 2.72. The molecule has 3 aliphatic heterocycles. The van der Waals surface area contributed by atoms with Crippen LogP contribution in [0.2, 0.25) is 0 Å². The number of fused-ring (bicyclic) bond motifs is 2. The van der Waals surface area contributed by atoms with E-state index in [1.165, 1.54) is 0 Å². The fraction of sp³-hybridized carbons (Fsp3) is 0.471. The maximum atomic E-state index is 12.9. The van der Waals surface area contributed by atoms with E-state index < -0.39 is 11.9 Å². The number of amides is 3. The molecule has 24 heavy (non-hydrogen) atoms. The van der Waals surface area contributed by atoms with Crippen LogP contribution in [0.1, 0.15) is 46.3 Å². The van der Waals surface area contributed by atoms with Crippen LogP contribution in [-0.2, 0) is 29.1 Å². The molecule has 3 aliphatic rings. The van der Waals surface area contributed by atoms with Gasteiger partial charge in [0.2, 0.25) is 11.8 Å². The van der Waals surface area contributed by atoms with Crippen molar-refractivity contribution in [3.63, 3.8) is 0 Å². The Morgan fingerprint density at radius 2 is 2.00 bits per heavy atom. The van der Waals surface area contributed by atoms with Crippen LogP contribution >= 0.6 is 0 Å². The summed E-state index contributed by atoms with van der Waals surface area (Å²) in [7, 11) is 0. The van der Waals surface area contributed by atoms with Gasteiger partial charge in [-0.2, -0.15) is 0 Å². The van der Waals surface area contributed by atoms with Gasteiger partial charge in [0.05, 0.1) is 5.56 Å². The van der Waals surface area contributed by atoms with Crippen LogP contribution in [0.25, 0.3) is 0 Å². The number of imide groups is 1. The Kier molecular flexibility index (Phi) is 3.53. The molecule has 1 saturated heterocycles. The fourth-order valence-corrected chi connectivity index (χ4v) is 3.94. The maximum Gasteiger partial charge on any atom is 0.257 e. The number of hydrogen-bond acceptors (Lipinski definition) is 5. The number of anilines is 1. The van der Waals surface area contributed by atoms with Crippen molar-refractivity contribution >= 4 is 23.4 Å². The first kappa shape index (κ1) is 15.1. The second-order valence-electron chi connectivity index (χ2n) is 6.64. The predicted octanol–water partition coefficient (Wildman–Crippen LogP) is 0.0656. The minimum Gasteiger partial charge on any atom is -0.398 e. The van der Waals surface area contributed by atoms with E-state index in [4.69, 9.17) is 5.73 Å². The van der Waals surface area contributed by atoms with Crippen LogP contribution in [0, 0.1) is 0 Å². The van der Waals surface area contributed by atoms with Crippen LogP contribution in [0.5, 0.6) is 0 Å². The summed E-state index contributed by atoms with van der Waals surface area (Å²) >= 11 is 0. The molecule has 0 saturated carbocycles. The number of hydrogen-bond donors (Lipinski definition) is 3. The third-order valence-electron chi connectivity index (χ3n) is 5.15. The highest BCUT2D eigenvalue weighted by Crippen LogP contribution is 2.36. The monoisotopic (exact) mass is 328 g/mol. The first-order chi connectivity index (χ1) is 11.6. The third kappa shape index (κ3) is 2.27. The lowest BCUT2D eigenvalue weighted by atomic mass is 9.95. The fourth-order valence-electron chi connectivity index (χ4n) is 3.94. The molecule has 0 bridgehead atoms. The molecular weight excluding hydrogens is 308 g/mol. The number of nitrogen functional groups attached to an aromatic ring is 1. The number of nitrogens with zero attached hydrogens (tertiary/aromatic N) is 1. The normalized spacial score (nSPS) is 23.6. The molecule has 1 aromatic carbocycles. The molecule has 1 fully saturated rings. The minimum absolute atomic E-state index is 0.197. The summed E-state index contributed by atoms with van der Waals surface area (Å²) in [6.45, 7) is 2.06. The van der Waals surface area contributed by atoms with Gasteiger partial charge in [-0.25, -0.2) is 0 Å². The van der Waals surface area contributed by atoms with E-state index in [1.54, 1.807) is 4.90 Å². The summed E-state index contributed by atoms with van der Waals surface area (Å²) in [5, 5.41) is 5.68. The van der Waals surface area contributed by atoms with Crippen LogP contribution < -0.4 is 16.4 Å². The van der Waals surface area contributed by atoms with Crippen LogP contribution in [0.15, 0.2) is 6.07 Å². The summed E-state index contributed by atoms with van der Waals surface area (Å²) in [6.07, 6.45) is 2.46. The SMILES string of the molecule is Nc1c2c(cc3c1C(=O)N(C1CCC(=O)NC1=O)C3)CNCCC2. The number of nitrogens with one attached hydrogen (secondary N) is 2. The smallest absolute Gasteiger partial charge is 0.257 e. The van der Waals surface area contributed by atoms with Gasteiger partial charge in [0.25, 0.3) is 5.91 Å². The van der Waals surface area contributed by atoms with Crippen molar-refractivity contribution in [2.75, 3.05) is 12.3 Å². The molecule has 126 valence electrons. The predicted molar refractivity (Wildman–Crippen MR) is 86.9 cm³/mol. The van der Waals surface area contributed by atoms with Crippen molar-refractivity contribution in [3.05, 3.63) is 28.3 Å². The second kappa shape index (κ2) is 5.59. The topological polar surface area (TPSA) is 105 Å². The molecule has 0 spiro atoms. The van der Waals surface area contributed by atoms with Crippen molar-refractivity contribution < 1.29 is 14.4 Å². The van der Waals surface area contributed by atoms with E-state index in [0.29, 0.717) is 24.2 Å². The van der Waals surface area contributed by atoms with Gasteiger partial charge in [0.15, 0.2) is 0 Å². The van der Waals surface area contributed by atoms with Crippen molar-refractivity contribution in [2.24, 2.45) is 0 Å². The number of carbonyl (C=O) groups excluding carboxylic acids is 3. The zero-order chi connectivity index (χ0) is 16.8. The Morgan fingerprint density at radius 1 is 1.17 bits per heavy atom. The van der Waals surface area contributed by atoms with Gasteiger partial charge in [0, 0.05) is 25.2 Å². The van der Waals surface area contributed by atoms with Crippen molar-refractivity contribution in [1.82, 2.24) is 15.5 Å². The summed E-state index contributed by atoms with van der Waals surface area (Å²) in [6, 6.07) is 1.45.